The van der Waals surface area contributed by atoms with Crippen LogP contribution in [0.25, 0.3) is 0 Å². The molecule has 60 valence electrons. The van der Waals surface area contributed by atoms with Crippen LogP contribution in [0.3, 0.4) is 0 Å². The van der Waals surface area contributed by atoms with Crippen molar-refractivity contribution in [1.29, 1.82) is 0 Å². The molecular weight excluding hydrogens is 246 g/mol. The second kappa shape index (κ2) is 12.8. The van der Waals surface area contributed by atoms with Crippen molar-refractivity contribution >= 4 is 22.9 Å². The fourth-order valence-electron chi connectivity index (χ4n) is 0.841. The molecule has 0 amide bonds. The van der Waals surface area contributed by atoms with E-state index in [9.17, 15) is 0 Å². The first-order valence-corrected chi connectivity index (χ1v) is 8.89. The molecule has 0 aromatic carbocycles. The summed E-state index contributed by atoms with van der Waals surface area (Å²) in [5.41, 5.74) is 0. The third kappa shape index (κ3) is 11.9. The molecular formula is C8H18ClIn. The summed E-state index contributed by atoms with van der Waals surface area (Å²) in [4.78, 5) is 0. The van der Waals surface area contributed by atoms with E-state index in [4.69, 9.17) is 0 Å². The third-order valence-corrected chi connectivity index (χ3v) is 6.18. The number of hydrogen-bond acceptors (Lipinski definition) is 0. The van der Waals surface area contributed by atoms with Crippen molar-refractivity contribution in [2.45, 2.75) is 47.9 Å². The van der Waals surface area contributed by atoms with Gasteiger partial charge in [-0.05, 0) is 0 Å². The maximum atomic E-state index is 2.29. The molecule has 0 saturated heterocycles. The van der Waals surface area contributed by atoms with Gasteiger partial charge in [0.05, 0.1) is 0 Å². The fraction of sp³-hybridized carbons (Fsp3) is 1.00. The Morgan fingerprint density at radius 2 is 1.30 bits per heavy atom. The summed E-state index contributed by atoms with van der Waals surface area (Å²) in [5, 5.41) is 0. The van der Waals surface area contributed by atoms with Crippen LogP contribution in [-0.4, -0.2) is 22.9 Å². The van der Waals surface area contributed by atoms with E-state index >= 15 is 0 Å². The van der Waals surface area contributed by atoms with Crippen molar-refractivity contribution in [1.82, 2.24) is 0 Å². The molecule has 0 radical (unpaired) electrons. The Hall–Kier alpha value is 1.16. The second-order valence-corrected chi connectivity index (χ2v) is 7.52. The number of rotatable bonds is 6. The van der Waals surface area contributed by atoms with Gasteiger partial charge >= 0.3 is 70.8 Å². The summed E-state index contributed by atoms with van der Waals surface area (Å²) in [6.45, 7) is 4.59. The summed E-state index contributed by atoms with van der Waals surface area (Å²) in [5.74, 6) is 0. The summed E-state index contributed by atoms with van der Waals surface area (Å²) in [6.07, 6.45) is 5.87. The van der Waals surface area contributed by atoms with Crippen LogP contribution in [0.1, 0.15) is 39.5 Å². The Bertz CT molecular complexity index is 42.5. The average molecular weight is 265 g/mol. The van der Waals surface area contributed by atoms with Crippen molar-refractivity contribution < 1.29 is 12.4 Å². The molecule has 0 aliphatic carbocycles. The molecule has 0 N–H and O–H groups in total. The maximum Gasteiger partial charge on any atom is -1.00 e. The molecule has 0 heterocycles. The molecule has 0 aromatic rings. The van der Waals surface area contributed by atoms with Gasteiger partial charge in [-0.25, -0.2) is 0 Å². The van der Waals surface area contributed by atoms with E-state index in [1.54, 1.807) is 8.35 Å². The van der Waals surface area contributed by atoms with Gasteiger partial charge in [0.15, 0.2) is 0 Å². The zero-order valence-corrected chi connectivity index (χ0v) is 11.2. The van der Waals surface area contributed by atoms with Crippen molar-refractivity contribution in [3.8, 4) is 0 Å². The molecule has 0 saturated carbocycles. The van der Waals surface area contributed by atoms with Crippen molar-refractivity contribution in [2.75, 3.05) is 0 Å². The first kappa shape index (κ1) is 13.7. The van der Waals surface area contributed by atoms with Crippen LogP contribution in [0.2, 0.25) is 8.35 Å². The summed E-state index contributed by atoms with van der Waals surface area (Å²) < 4.78 is 3.29. The van der Waals surface area contributed by atoms with Crippen LogP contribution < -0.4 is 12.4 Å². The standard InChI is InChI=1S/2C4H9.ClH.In/c2*1-3-4-2;;/h2*1,3-4H2,2H3;1H;/q;;;+1/p-1. The van der Waals surface area contributed by atoms with Gasteiger partial charge in [0.25, 0.3) is 0 Å². The van der Waals surface area contributed by atoms with Crippen LogP contribution in [-0.2, 0) is 0 Å². The van der Waals surface area contributed by atoms with Crippen LogP contribution >= 0.6 is 0 Å². The zero-order chi connectivity index (χ0) is 6.95. The van der Waals surface area contributed by atoms with Crippen molar-refractivity contribution in [3.05, 3.63) is 0 Å². The van der Waals surface area contributed by atoms with Crippen LogP contribution in [0, 0.1) is 0 Å². The minimum Gasteiger partial charge on any atom is -1.00 e. The Labute approximate surface area is 82.9 Å². The topological polar surface area (TPSA) is 0 Å². The van der Waals surface area contributed by atoms with E-state index in [1.165, 1.54) is 25.7 Å². The number of hydrogen-bond donors (Lipinski definition) is 0. The SMILES string of the molecule is CCC[CH2][In+][CH2]CCC.[Cl-]. The molecule has 0 aliphatic rings. The van der Waals surface area contributed by atoms with E-state index in [2.05, 4.69) is 13.8 Å². The summed E-state index contributed by atoms with van der Waals surface area (Å²) >= 11 is -0.00469. The molecule has 0 bridgehead atoms. The summed E-state index contributed by atoms with van der Waals surface area (Å²) in [7, 11) is 0. The van der Waals surface area contributed by atoms with E-state index in [0.717, 1.165) is 0 Å². The Balaban J connectivity index is 0. The van der Waals surface area contributed by atoms with E-state index < -0.39 is 0 Å². The van der Waals surface area contributed by atoms with Gasteiger partial charge in [0, 0.05) is 0 Å². The quantitative estimate of drug-likeness (QED) is 0.599. The van der Waals surface area contributed by atoms with Crippen molar-refractivity contribution in [3.63, 3.8) is 0 Å². The molecule has 10 heavy (non-hydrogen) atoms. The van der Waals surface area contributed by atoms with E-state index in [1.807, 2.05) is 0 Å². The van der Waals surface area contributed by atoms with Gasteiger partial charge in [-0.1, -0.05) is 0 Å². The van der Waals surface area contributed by atoms with Crippen LogP contribution in [0.15, 0.2) is 0 Å². The molecule has 0 rings (SSSR count). The van der Waals surface area contributed by atoms with Gasteiger partial charge in [0.2, 0.25) is 0 Å². The van der Waals surface area contributed by atoms with Gasteiger partial charge in [-0.2, -0.15) is 0 Å². The Kier molecular flexibility index (Phi) is 17.6. The van der Waals surface area contributed by atoms with E-state index in [0.29, 0.717) is 0 Å². The fourth-order valence-corrected chi connectivity index (χ4v) is 5.64. The van der Waals surface area contributed by atoms with Gasteiger partial charge in [-0.15, -0.1) is 0 Å². The number of unbranched alkanes of at least 4 members (excludes halogenated alkanes) is 2. The minimum absolute atomic E-state index is 0. The monoisotopic (exact) mass is 264 g/mol. The molecule has 0 nitrogen and oxygen atoms in total. The first-order chi connectivity index (χ1) is 4.41. The van der Waals surface area contributed by atoms with E-state index in [-0.39, 0.29) is 35.3 Å². The van der Waals surface area contributed by atoms with Gasteiger partial charge in [-0.3, -0.25) is 0 Å². The smallest absolute Gasteiger partial charge is 1.00 e. The third-order valence-electron chi connectivity index (χ3n) is 1.52. The molecule has 0 unspecified atom stereocenters. The van der Waals surface area contributed by atoms with Crippen LogP contribution in [0.5, 0.6) is 0 Å². The minimum atomic E-state index is -0.00469. The zero-order valence-electron chi connectivity index (χ0n) is 7.20. The predicted octanol–water partition coefficient (Wildman–Crippen LogP) is 0.131. The summed E-state index contributed by atoms with van der Waals surface area (Å²) in [6, 6.07) is 0. The molecule has 0 aromatic heterocycles. The van der Waals surface area contributed by atoms with Gasteiger partial charge in [0.1, 0.15) is 0 Å². The largest absolute Gasteiger partial charge is 1.00 e. The molecule has 0 spiro atoms. The van der Waals surface area contributed by atoms with Crippen LogP contribution in [0.4, 0.5) is 0 Å². The normalized spacial score (nSPS) is 8.20. The Morgan fingerprint density at radius 3 is 1.60 bits per heavy atom. The van der Waals surface area contributed by atoms with Crippen molar-refractivity contribution in [2.24, 2.45) is 0 Å². The molecule has 0 fully saturated rings. The second-order valence-electron chi connectivity index (χ2n) is 2.57. The predicted molar refractivity (Wildman–Crippen MR) is 45.2 cm³/mol. The van der Waals surface area contributed by atoms with Gasteiger partial charge < -0.3 is 12.4 Å². The maximum absolute atomic E-state index is 2.29. The average Bonchev–Trinajstić information content (AvgIpc) is 1.89. The molecule has 0 atom stereocenters. The number of halogens is 1. The Morgan fingerprint density at radius 1 is 0.900 bits per heavy atom. The molecule has 2 heteroatoms. The first-order valence-electron chi connectivity index (χ1n) is 4.23. The molecule has 0 aliphatic heterocycles.